The van der Waals surface area contributed by atoms with Gasteiger partial charge in [-0.1, -0.05) is 23.7 Å². The van der Waals surface area contributed by atoms with Gasteiger partial charge in [0.25, 0.3) is 5.91 Å². The van der Waals surface area contributed by atoms with E-state index in [4.69, 9.17) is 16.9 Å². The minimum Gasteiger partial charge on any atom is -0.350 e. The summed E-state index contributed by atoms with van der Waals surface area (Å²) in [7, 11) is 0. The Morgan fingerprint density at radius 3 is 2.50 bits per heavy atom. The monoisotopic (exact) mass is 363 g/mol. The van der Waals surface area contributed by atoms with Crippen LogP contribution in [-0.4, -0.2) is 15.9 Å². The fourth-order valence-corrected chi connectivity index (χ4v) is 2.30. The molecule has 7 heteroatoms. The van der Waals surface area contributed by atoms with Crippen molar-refractivity contribution in [3.05, 3.63) is 82.6 Å². The van der Waals surface area contributed by atoms with E-state index in [-0.39, 0.29) is 11.6 Å². The highest BCUT2D eigenvalue weighted by molar-refractivity contribution is 6.30. The lowest BCUT2D eigenvalue weighted by Gasteiger charge is -2.08. The highest BCUT2D eigenvalue weighted by atomic mass is 35.5. The number of hydrogen-bond donors (Lipinski definition) is 2. The molecule has 128 valence electrons. The minimum absolute atomic E-state index is 0.239. The Balaban J connectivity index is 1.64. The number of carbonyl (C=O) groups excluding carboxylic acids is 1. The Kier molecular flexibility index (Phi) is 5.42. The van der Waals surface area contributed by atoms with Crippen LogP contribution in [0, 0.1) is 11.3 Å². The smallest absolute Gasteiger partial charge is 0.274 e. The van der Waals surface area contributed by atoms with Gasteiger partial charge in [0, 0.05) is 23.5 Å². The Morgan fingerprint density at radius 1 is 1.08 bits per heavy atom. The van der Waals surface area contributed by atoms with Crippen LogP contribution in [0.3, 0.4) is 0 Å². The molecular formula is C19H14ClN5O. The maximum absolute atomic E-state index is 12.3. The number of nitrogens with zero attached hydrogens (tertiary/aromatic N) is 3. The summed E-state index contributed by atoms with van der Waals surface area (Å²) in [4.78, 5) is 20.7. The van der Waals surface area contributed by atoms with Crippen LogP contribution in [-0.2, 0) is 6.54 Å². The van der Waals surface area contributed by atoms with Crippen molar-refractivity contribution in [2.45, 2.75) is 6.54 Å². The van der Waals surface area contributed by atoms with Gasteiger partial charge in [-0.05, 0) is 48.0 Å². The van der Waals surface area contributed by atoms with Gasteiger partial charge in [0.2, 0.25) is 5.95 Å². The van der Waals surface area contributed by atoms with Crippen LogP contribution < -0.4 is 10.6 Å². The topological polar surface area (TPSA) is 90.7 Å². The molecule has 0 spiro atoms. The predicted octanol–water partition coefficient (Wildman–Crippen LogP) is 3.87. The summed E-state index contributed by atoms with van der Waals surface area (Å²) in [6.45, 7) is 0.512. The third-order valence-corrected chi connectivity index (χ3v) is 3.78. The highest BCUT2D eigenvalue weighted by Gasteiger charge is 2.09. The lowest BCUT2D eigenvalue weighted by molar-refractivity contribution is 0.102. The lowest BCUT2D eigenvalue weighted by Crippen LogP contribution is -2.15. The van der Waals surface area contributed by atoms with Crippen LogP contribution in [0.15, 0.2) is 60.8 Å². The lowest BCUT2D eigenvalue weighted by atomic mass is 10.2. The number of anilines is 2. The first-order valence-corrected chi connectivity index (χ1v) is 8.15. The third kappa shape index (κ3) is 4.56. The Morgan fingerprint density at radius 2 is 1.81 bits per heavy atom. The molecule has 0 radical (unpaired) electrons. The van der Waals surface area contributed by atoms with Crippen molar-refractivity contribution < 1.29 is 4.79 Å². The zero-order valence-electron chi connectivity index (χ0n) is 13.6. The van der Waals surface area contributed by atoms with E-state index in [1.165, 1.54) is 12.3 Å². The average Bonchev–Trinajstić information content (AvgIpc) is 2.68. The van der Waals surface area contributed by atoms with Crippen molar-refractivity contribution >= 4 is 29.1 Å². The van der Waals surface area contributed by atoms with Gasteiger partial charge in [-0.15, -0.1) is 0 Å². The summed E-state index contributed by atoms with van der Waals surface area (Å²) in [6.07, 6.45) is 1.52. The first-order chi connectivity index (χ1) is 12.6. The SMILES string of the molecule is N#Cc1ccc(NC(=O)c2ccnc(NCc3ccc(Cl)cc3)n2)cc1. The maximum Gasteiger partial charge on any atom is 0.274 e. The van der Waals surface area contributed by atoms with Crippen LogP contribution in [0.5, 0.6) is 0 Å². The van der Waals surface area contributed by atoms with E-state index < -0.39 is 0 Å². The number of carbonyl (C=O) groups is 1. The summed E-state index contributed by atoms with van der Waals surface area (Å²) >= 11 is 5.86. The first kappa shape index (κ1) is 17.4. The fraction of sp³-hybridized carbons (Fsp3) is 0.0526. The molecule has 6 nitrogen and oxygen atoms in total. The number of nitriles is 1. The first-order valence-electron chi connectivity index (χ1n) is 7.77. The molecule has 3 aromatic rings. The molecule has 0 saturated heterocycles. The number of halogens is 1. The Labute approximate surface area is 155 Å². The van der Waals surface area contributed by atoms with Crippen LogP contribution in [0.25, 0.3) is 0 Å². The van der Waals surface area contributed by atoms with E-state index in [2.05, 4.69) is 20.6 Å². The van der Waals surface area contributed by atoms with E-state index in [1.54, 1.807) is 36.4 Å². The third-order valence-electron chi connectivity index (χ3n) is 3.52. The minimum atomic E-state index is -0.355. The molecule has 0 unspecified atom stereocenters. The molecule has 1 aromatic heterocycles. The number of nitrogens with one attached hydrogen (secondary N) is 2. The number of aromatic nitrogens is 2. The normalized spacial score (nSPS) is 10.0. The van der Waals surface area contributed by atoms with Crippen LogP contribution >= 0.6 is 11.6 Å². The van der Waals surface area contributed by atoms with E-state index in [0.717, 1.165) is 5.56 Å². The zero-order valence-corrected chi connectivity index (χ0v) is 14.4. The Hall–Kier alpha value is -3.43. The number of rotatable bonds is 5. The molecule has 0 saturated carbocycles. The molecule has 0 fully saturated rings. The molecule has 2 N–H and O–H groups in total. The van der Waals surface area contributed by atoms with Gasteiger partial charge in [-0.3, -0.25) is 4.79 Å². The van der Waals surface area contributed by atoms with Gasteiger partial charge in [0.05, 0.1) is 11.6 Å². The van der Waals surface area contributed by atoms with Crippen LogP contribution in [0.1, 0.15) is 21.6 Å². The van der Waals surface area contributed by atoms with Crippen molar-refractivity contribution in [1.82, 2.24) is 9.97 Å². The maximum atomic E-state index is 12.3. The summed E-state index contributed by atoms with van der Waals surface area (Å²) in [5.41, 5.74) is 2.37. The molecule has 0 atom stereocenters. The van der Waals surface area contributed by atoms with Crippen LogP contribution in [0.2, 0.25) is 5.02 Å². The molecule has 3 rings (SSSR count). The second-order valence-corrected chi connectivity index (χ2v) is 5.83. The average molecular weight is 364 g/mol. The molecule has 2 aromatic carbocycles. The summed E-state index contributed by atoms with van der Waals surface area (Å²) in [5.74, 6) is -0.000853. The molecule has 0 aliphatic rings. The van der Waals surface area contributed by atoms with Gasteiger partial charge in [0.15, 0.2) is 0 Å². The molecule has 0 aliphatic heterocycles. The van der Waals surface area contributed by atoms with Crippen molar-refractivity contribution in [3.63, 3.8) is 0 Å². The second kappa shape index (κ2) is 8.10. The van der Waals surface area contributed by atoms with Crippen molar-refractivity contribution in [2.75, 3.05) is 10.6 Å². The largest absolute Gasteiger partial charge is 0.350 e. The van der Waals surface area contributed by atoms with E-state index in [1.807, 2.05) is 18.2 Å². The summed E-state index contributed by atoms with van der Waals surface area (Å²) < 4.78 is 0. The molecule has 0 aliphatic carbocycles. The second-order valence-electron chi connectivity index (χ2n) is 5.39. The number of hydrogen-bond acceptors (Lipinski definition) is 5. The number of benzene rings is 2. The van der Waals surface area contributed by atoms with Crippen molar-refractivity contribution in [1.29, 1.82) is 5.26 Å². The Bertz CT molecular complexity index is 949. The number of amides is 1. The van der Waals surface area contributed by atoms with Crippen molar-refractivity contribution in [2.24, 2.45) is 0 Å². The summed E-state index contributed by atoms with van der Waals surface area (Å²) in [6, 6.07) is 17.6. The highest BCUT2D eigenvalue weighted by Crippen LogP contribution is 2.12. The van der Waals surface area contributed by atoms with Gasteiger partial charge in [-0.25, -0.2) is 9.97 Å². The molecule has 1 amide bonds. The van der Waals surface area contributed by atoms with E-state index >= 15 is 0 Å². The van der Waals surface area contributed by atoms with Crippen molar-refractivity contribution in [3.8, 4) is 6.07 Å². The van der Waals surface area contributed by atoms with Gasteiger partial charge < -0.3 is 10.6 Å². The molecular weight excluding hydrogens is 350 g/mol. The van der Waals surface area contributed by atoms with Crippen LogP contribution in [0.4, 0.5) is 11.6 Å². The van der Waals surface area contributed by atoms with Gasteiger partial charge in [0.1, 0.15) is 5.69 Å². The fourth-order valence-electron chi connectivity index (χ4n) is 2.18. The standard InChI is InChI=1S/C19H14ClN5O/c20-15-5-1-14(2-6-15)12-23-19-22-10-9-17(25-19)18(26)24-16-7-3-13(11-21)4-8-16/h1-10H,12H2,(H,24,26)(H,22,23,25). The van der Waals surface area contributed by atoms with E-state index in [9.17, 15) is 4.79 Å². The van der Waals surface area contributed by atoms with E-state index in [0.29, 0.717) is 28.8 Å². The molecule has 1 heterocycles. The van der Waals surface area contributed by atoms with Gasteiger partial charge >= 0.3 is 0 Å². The predicted molar refractivity (Wildman–Crippen MR) is 99.9 cm³/mol. The zero-order chi connectivity index (χ0) is 18.4. The van der Waals surface area contributed by atoms with Gasteiger partial charge in [-0.2, -0.15) is 5.26 Å². The quantitative estimate of drug-likeness (QED) is 0.718. The summed E-state index contributed by atoms with van der Waals surface area (Å²) in [5, 5.41) is 15.3. The molecule has 26 heavy (non-hydrogen) atoms. The molecule has 0 bridgehead atoms.